The molecule has 1 fully saturated rings. The van der Waals surface area contributed by atoms with Crippen LogP contribution < -0.4 is 10.6 Å². The Balaban J connectivity index is 1.98. The molecule has 1 aliphatic heterocycles. The smallest absolute Gasteiger partial charge is 0.343 e. The molecule has 1 aliphatic rings. The van der Waals surface area contributed by atoms with Crippen molar-refractivity contribution in [2.24, 2.45) is 0 Å². The van der Waals surface area contributed by atoms with Crippen molar-refractivity contribution in [3.05, 3.63) is 35.4 Å². The minimum Gasteiger partial charge on any atom is -0.343 e. The molecule has 0 radical (unpaired) electrons. The van der Waals surface area contributed by atoms with Crippen LogP contribution >= 0.6 is 0 Å². The molecular weight excluding hydrogens is 311 g/mol. The first-order chi connectivity index (χ1) is 10.9. The summed E-state index contributed by atoms with van der Waals surface area (Å²) in [6, 6.07) is 4.51. The molecule has 1 aromatic carbocycles. The molecule has 0 atom stereocenters. The lowest BCUT2D eigenvalue weighted by Gasteiger charge is -2.20. The Morgan fingerprint density at radius 2 is 1.91 bits per heavy atom. The third-order valence-corrected chi connectivity index (χ3v) is 3.57. The zero-order valence-corrected chi connectivity index (χ0v) is 12.4. The highest BCUT2D eigenvalue weighted by Gasteiger charge is 2.34. The lowest BCUT2D eigenvalue weighted by molar-refractivity contribution is -0.137. The molecule has 5 nitrogen and oxygen atoms in total. The third kappa shape index (κ3) is 4.69. The number of carbonyl (C=O) groups excluding carboxylic acids is 2. The van der Waals surface area contributed by atoms with Gasteiger partial charge in [0.2, 0.25) is 5.91 Å². The van der Waals surface area contributed by atoms with E-state index in [9.17, 15) is 22.8 Å². The molecule has 1 heterocycles. The van der Waals surface area contributed by atoms with Gasteiger partial charge in [-0.15, -0.1) is 0 Å². The summed E-state index contributed by atoms with van der Waals surface area (Å²) in [6.07, 6.45) is -3.81. The summed E-state index contributed by atoms with van der Waals surface area (Å²) in [5.41, 5.74) is -1.49. The maximum Gasteiger partial charge on any atom is 0.417 e. The van der Waals surface area contributed by atoms with Gasteiger partial charge in [-0.1, -0.05) is 12.1 Å². The predicted octanol–water partition coefficient (Wildman–Crippen LogP) is 1.26. The van der Waals surface area contributed by atoms with E-state index in [1.165, 1.54) is 12.1 Å². The van der Waals surface area contributed by atoms with Crippen molar-refractivity contribution in [3.63, 3.8) is 0 Å². The Labute approximate surface area is 131 Å². The number of benzene rings is 1. The Morgan fingerprint density at radius 3 is 2.65 bits per heavy atom. The van der Waals surface area contributed by atoms with E-state index >= 15 is 0 Å². The number of amides is 2. The maximum atomic E-state index is 12.9. The van der Waals surface area contributed by atoms with Gasteiger partial charge in [0.15, 0.2) is 0 Å². The van der Waals surface area contributed by atoms with Gasteiger partial charge in [-0.05, 0) is 25.1 Å². The summed E-state index contributed by atoms with van der Waals surface area (Å²) in [5.74, 6) is -1.20. The molecule has 2 rings (SSSR count). The second-order valence-electron chi connectivity index (χ2n) is 5.21. The molecule has 8 heteroatoms. The van der Waals surface area contributed by atoms with Crippen LogP contribution in [0.25, 0.3) is 0 Å². The van der Waals surface area contributed by atoms with E-state index in [1.54, 1.807) is 4.90 Å². The number of halogens is 3. The molecule has 0 bridgehead atoms. The number of rotatable bonds is 3. The van der Waals surface area contributed by atoms with E-state index in [2.05, 4.69) is 10.6 Å². The van der Waals surface area contributed by atoms with Gasteiger partial charge < -0.3 is 15.5 Å². The number of hydrogen-bond acceptors (Lipinski definition) is 3. The van der Waals surface area contributed by atoms with Crippen molar-refractivity contribution in [1.82, 2.24) is 15.5 Å². The highest BCUT2D eigenvalue weighted by molar-refractivity contribution is 5.97. The number of hydrogen-bond donors (Lipinski definition) is 2. The molecule has 2 N–H and O–H groups in total. The highest BCUT2D eigenvalue weighted by atomic mass is 19.4. The zero-order valence-electron chi connectivity index (χ0n) is 12.4. The van der Waals surface area contributed by atoms with Gasteiger partial charge in [0.1, 0.15) is 0 Å². The largest absolute Gasteiger partial charge is 0.417 e. The van der Waals surface area contributed by atoms with Crippen molar-refractivity contribution in [1.29, 1.82) is 0 Å². The van der Waals surface area contributed by atoms with Crippen molar-refractivity contribution >= 4 is 11.8 Å². The van der Waals surface area contributed by atoms with Crippen LogP contribution in [-0.2, 0) is 11.0 Å². The summed E-state index contributed by atoms with van der Waals surface area (Å²) >= 11 is 0. The number of alkyl halides is 3. The van der Waals surface area contributed by atoms with Gasteiger partial charge in [-0.2, -0.15) is 13.2 Å². The van der Waals surface area contributed by atoms with Crippen LogP contribution in [0, 0.1) is 0 Å². The van der Waals surface area contributed by atoms with E-state index in [4.69, 9.17) is 0 Å². The van der Waals surface area contributed by atoms with E-state index in [0.717, 1.165) is 25.1 Å². The standard InChI is InChI=1S/C15H18F3N3O2/c16-15(17,18)12-5-2-1-4-11(12)14(23)20-10-13(22)21-8-3-6-19-7-9-21/h1-2,4-5,19H,3,6-10H2,(H,20,23). The minimum absolute atomic E-state index is 0.300. The molecule has 1 aromatic rings. The van der Waals surface area contributed by atoms with Gasteiger partial charge in [-0.3, -0.25) is 9.59 Å². The molecule has 0 aromatic heterocycles. The van der Waals surface area contributed by atoms with Gasteiger partial charge in [0.25, 0.3) is 5.91 Å². The van der Waals surface area contributed by atoms with Crippen LogP contribution in [0.3, 0.4) is 0 Å². The molecular formula is C15H18F3N3O2. The van der Waals surface area contributed by atoms with Crippen molar-refractivity contribution in [2.45, 2.75) is 12.6 Å². The Kier molecular flexibility index (Phi) is 5.59. The lowest BCUT2D eigenvalue weighted by Crippen LogP contribution is -2.42. The van der Waals surface area contributed by atoms with Crippen LogP contribution in [-0.4, -0.2) is 49.4 Å². The number of carbonyl (C=O) groups is 2. The van der Waals surface area contributed by atoms with E-state index < -0.39 is 23.2 Å². The maximum absolute atomic E-state index is 12.9. The van der Waals surface area contributed by atoms with Crippen LogP contribution in [0.5, 0.6) is 0 Å². The Hall–Kier alpha value is -2.09. The average molecular weight is 329 g/mol. The molecule has 0 spiro atoms. The zero-order chi connectivity index (χ0) is 16.9. The second kappa shape index (κ2) is 7.45. The number of nitrogens with one attached hydrogen (secondary N) is 2. The van der Waals surface area contributed by atoms with Crippen LogP contribution in [0.15, 0.2) is 24.3 Å². The fourth-order valence-corrected chi connectivity index (χ4v) is 2.39. The van der Waals surface area contributed by atoms with Crippen molar-refractivity contribution in [2.75, 3.05) is 32.7 Å². The number of nitrogens with zero attached hydrogens (tertiary/aromatic N) is 1. The van der Waals surface area contributed by atoms with E-state index in [-0.39, 0.29) is 12.5 Å². The van der Waals surface area contributed by atoms with Gasteiger partial charge >= 0.3 is 6.18 Å². The molecule has 126 valence electrons. The van der Waals surface area contributed by atoms with Gasteiger partial charge in [0.05, 0.1) is 17.7 Å². The first-order valence-corrected chi connectivity index (χ1v) is 7.32. The average Bonchev–Trinajstić information content (AvgIpc) is 2.80. The van der Waals surface area contributed by atoms with E-state index in [0.29, 0.717) is 19.6 Å². The molecule has 23 heavy (non-hydrogen) atoms. The molecule has 2 amide bonds. The summed E-state index contributed by atoms with van der Waals surface area (Å²) in [7, 11) is 0. The van der Waals surface area contributed by atoms with Crippen LogP contribution in [0.4, 0.5) is 13.2 Å². The van der Waals surface area contributed by atoms with Crippen molar-refractivity contribution < 1.29 is 22.8 Å². The molecule has 0 saturated carbocycles. The molecule has 1 saturated heterocycles. The first-order valence-electron chi connectivity index (χ1n) is 7.32. The predicted molar refractivity (Wildman–Crippen MR) is 77.8 cm³/mol. The fraction of sp³-hybridized carbons (Fsp3) is 0.467. The third-order valence-electron chi connectivity index (χ3n) is 3.57. The topological polar surface area (TPSA) is 61.4 Å². The summed E-state index contributed by atoms with van der Waals surface area (Å²) < 4.78 is 38.6. The van der Waals surface area contributed by atoms with Gasteiger partial charge in [0, 0.05) is 19.6 Å². The van der Waals surface area contributed by atoms with Crippen LogP contribution in [0.1, 0.15) is 22.3 Å². The Morgan fingerprint density at radius 1 is 1.17 bits per heavy atom. The quantitative estimate of drug-likeness (QED) is 0.878. The summed E-state index contributed by atoms with van der Waals surface area (Å²) in [4.78, 5) is 25.6. The SMILES string of the molecule is O=C(NCC(=O)N1CCCNCC1)c1ccccc1C(F)(F)F. The molecule has 0 unspecified atom stereocenters. The normalized spacial score (nSPS) is 15.9. The Bertz CT molecular complexity index is 567. The summed E-state index contributed by atoms with van der Waals surface area (Å²) in [6.45, 7) is 2.26. The van der Waals surface area contributed by atoms with E-state index in [1.807, 2.05) is 0 Å². The fourth-order valence-electron chi connectivity index (χ4n) is 2.39. The molecule has 0 aliphatic carbocycles. The second-order valence-corrected chi connectivity index (χ2v) is 5.21. The monoisotopic (exact) mass is 329 g/mol. The van der Waals surface area contributed by atoms with Gasteiger partial charge in [-0.25, -0.2) is 0 Å². The minimum atomic E-state index is -4.62. The first kappa shape index (κ1) is 17.3. The van der Waals surface area contributed by atoms with Crippen LogP contribution in [0.2, 0.25) is 0 Å². The summed E-state index contributed by atoms with van der Waals surface area (Å²) in [5, 5.41) is 5.42. The van der Waals surface area contributed by atoms with Crippen molar-refractivity contribution in [3.8, 4) is 0 Å². The highest BCUT2D eigenvalue weighted by Crippen LogP contribution is 2.31. The lowest BCUT2D eigenvalue weighted by atomic mass is 10.1.